The molecule has 0 saturated heterocycles. The maximum absolute atomic E-state index is 12.3. The van der Waals surface area contributed by atoms with E-state index in [0.29, 0.717) is 22.4 Å². The van der Waals surface area contributed by atoms with Crippen molar-refractivity contribution in [3.63, 3.8) is 0 Å². The van der Waals surface area contributed by atoms with Crippen LogP contribution in [-0.2, 0) is 4.79 Å². The number of nitrogens with one attached hydrogen (secondary N) is 1. The number of rotatable bonds is 4. The molecular weight excluding hydrogens is 290 g/mol. The van der Waals surface area contributed by atoms with Crippen LogP contribution >= 0.6 is 11.6 Å². The third kappa shape index (κ3) is 2.68. The van der Waals surface area contributed by atoms with Crippen molar-refractivity contribution in [2.24, 2.45) is 17.8 Å². The summed E-state index contributed by atoms with van der Waals surface area (Å²) in [6.45, 7) is 0.0916. The molecule has 0 heterocycles. The van der Waals surface area contributed by atoms with E-state index < -0.39 is 12.0 Å². The second-order valence-corrected chi connectivity index (χ2v) is 6.55. The molecule has 2 bridgehead atoms. The van der Waals surface area contributed by atoms with Crippen LogP contribution in [0.2, 0.25) is 5.02 Å². The summed E-state index contributed by atoms with van der Waals surface area (Å²) in [5, 5.41) is 23.0. The molecule has 3 rings (SSSR count). The number of amides is 1. The van der Waals surface area contributed by atoms with E-state index in [2.05, 4.69) is 5.32 Å². The van der Waals surface area contributed by atoms with Gasteiger partial charge in [-0.3, -0.25) is 4.79 Å². The molecule has 1 amide bonds. The van der Waals surface area contributed by atoms with Crippen LogP contribution < -0.4 is 5.32 Å². The van der Waals surface area contributed by atoms with Gasteiger partial charge >= 0.3 is 0 Å². The Morgan fingerprint density at radius 2 is 2.05 bits per heavy atom. The summed E-state index contributed by atoms with van der Waals surface area (Å²) in [6, 6.07) is 6.77. The first-order valence-electron chi connectivity index (χ1n) is 7.45. The van der Waals surface area contributed by atoms with Gasteiger partial charge in [-0.2, -0.15) is 0 Å². The van der Waals surface area contributed by atoms with E-state index in [1.807, 2.05) is 0 Å². The number of aliphatic hydroxyl groups is 2. The zero-order chi connectivity index (χ0) is 15.0. The standard InChI is InChI=1S/C16H20ClNO3/c17-13-4-2-1-3-11(13)15(20)16(21)18-14-10-6-5-9(7-10)12(14)8-19/h1-4,9-10,12,14-15,19-20H,5-8H2,(H,18,21)/t9-,10-,12+,14+,15+/m0/s1. The molecule has 0 aliphatic heterocycles. The monoisotopic (exact) mass is 309 g/mol. The number of carbonyl (C=O) groups excluding carboxylic acids is 1. The van der Waals surface area contributed by atoms with Crippen molar-refractivity contribution >= 4 is 17.5 Å². The first-order valence-corrected chi connectivity index (χ1v) is 7.83. The Kier molecular flexibility index (Phi) is 4.20. The molecule has 0 spiro atoms. The van der Waals surface area contributed by atoms with Gasteiger partial charge in [0.1, 0.15) is 0 Å². The van der Waals surface area contributed by atoms with Crippen molar-refractivity contribution in [2.75, 3.05) is 6.61 Å². The Bertz CT molecular complexity index is 536. The summed E-state index contributed by atoms with van der Waals surface area (Å²) in [6.07, 6.45) is 2.03. The summed E-state index contributed by atoms with van der Waals surface area (Å²) in [7, 11) is 0. The van der Waals surface area contributed by atoms with Gasteiger partial charge in [-0.1, -0.05) is 29.8 Å². The maximum atomic E-state index is 12.3. The Balaban J connectivity index is 1.70. The molecule has 114 valence electrons. The molecule has 0 radical (unpaired) electrons. The largest absolute Gasteiger partial charge is 0.396 e. The number of halogens is 1. The second kappa shape index (κ2) is 5.95. The lowest BCUT2D eigenvalue weighted by molar-refractivity contribution is -0.131. The van der Waals surface area contributed by atoms with Crippen molar-refractivity contribution in [3.05, 3.63) is 34.9 Å². The third-order valence-electron chi connectivity index (χ3n) is 5.06. The molecular formula is C16H20ClNO3. The minimum atomic E-state index is -1.27. The molecule has 4 nitrogen and oxygen atoms in total. The van der Waals surface area contributed by atoms with E-state index in [-0.39, 0.29) is 18.6 Å². The summed E-state index contributed by atoms with van der Waals surface area (Å²) in [4.78, 5) is 12.3. The minimum Gasteiger partial charge on any atom is -0.396 e. The number of carbonyl (C=O) groups is 1. The van der Waals surface area contributed by atoms with Crippen LogP contribution in [0.4, 0.5) is 0 Å². The molecule has 21 heavy (non-hydrogen) atoms. The zero-order valence-electron chi connectivity index (χ0n) is 11.7. The zero-order valence-corrected chi connectivity index (χ0v) is 12.5. The van der Waals surface area contributed by atoms with Gasteiger partial charge < -0.3 is 15.5 Å². The predicted molar refractivity (Wildman–Crippen MR) is 79.7 cm³/mol. The number of benzene rings is 1. The van der Waals surface area contributed by atoms with E-state index in [1.165, 1.54) is 0 Å². The number of fused-ring (bicyclic) bond motifs is 2. The van der Waals surface area contributed by atoms with Crippen LogP contribution in [0.25, 0.3) is 0 Å². The SMILES string of the molecule is O=C(N[C@@H]1[C@H]2CC[C@@H](C2)[C@H]1CO)[C@H](O)c1ccccc1Cl. The highest BCUT2D eigenvalue weighted by molar-refractivity contribution is 6.31. The van der Waals surface area contributed by atoms with Crippen LogP contribution in [0, 0.1) is 17.8 Å². The second-order valence-electron chi connectivity index (χ2n) is 6.14. The van der Waals surface area contributed by atoms with E-state index in [1.54, 1.807) is 24.3 Å². The van der Waals surface area contributed by atoms with Gasteiger partial charge in [0, 0.05) is 29.2 Å². The quantitative estimate of drug-likeness (QED) is 0.795. The Morgan fingerprint density at radius 1 is 1.33 bits per heavy atom. The van der Waals surface area contributed by atoms with Crippen molar-refractivity contribution in [3.8, 4) is 0 Å². The lowest BCUT2D eigenvalue weighted by atomic mass is 9.85. The molecule has 2 saturated carbocycles. The normalized spacial score (nSPS) is 32.1. The lowest BCUT2D eigenvalue weighted by Gasteiger charge is -2.31. The Labute approximate surface area is 129 Å². The molecule has 5 heteroatoms. The van der Waals surface area contributed by atoms with Gasteiger partial charge in [0.2, 0.25) is 0 Å². The highest BCUT2D eigenvalue weighted by atomic mass is 35.5. The van der Waals surface area contributed by atoms with Gasteiger partial charge in [-0.25, -0.2) is 0 Å². The highest BCUT2D eigenvalue weighted by Crippen LogP contribution is 2.48. The minimum absolute atomic E-state index is 0.0293. The molecule has 2 fully saturated rings. The molecule has 0 unspecified atom stereocenters. The van der Waals surface area contributed by atoms with Crippen LogP contribution in [0.5, 0.6) is 0 Å². The summed E-state index contributed by atoms with van der Waals surface area (Å²) in [5.74, 6) is 0.613. The van der Waals surface area contributed by atoms with Gasteiger partial charge in [0.15, 0.2) is 6.10 Å². The highest BCUT2D eigenvalue weighted by Gasteiger charge is 2.48. The summed E-state index contributed by atoms with van der Waals surface area (Å²) in [5.41, 5.74) is 0.417. The van der Waals surface area contributed by atoms with Crippen molar-refractivity contribution in [2.45, 2.75) is 31.4 Å². The average molecular weight is 310 g/mol. The van der Waals surface area contributed by atoms with E-state index >= 15 is 0 Å². The van der Waals surface area contributed by atoms with Crippen LogP contribution in [0.3, 0.4) is 0 Å². The van der Waals surface area contributed by atoms with Crippen molar-refractivity contribution < 1.29 is 15.0 Å². The molecule has 5 atom stereocenters. The van der Waals surface area contributed by atoms with E-state index in [0.717, 1.165) is 19.3 Å². The number of hydrogen-bond donors (Lipinski definition) is 3. The number of hydrogen-bond acceptors (Lipinski definition) is 3. The lowest BCUT2D eigenvalue weighted by Crippen LogP contribution is -2.46. The fraction of sp³-hybridized carbons (Fsp3) is 0.562. The summed E-state index contributed by atoms with van der Waals surface area (Å²) < 4.78 is 0. The van der Waals surface area contributed by atoms with Crippen LogP contribution in [-0.4, -0.2) is 28.8 Å². The molecule has 2 aliphatic carbocycles. The van der Waals surface area contributed by atoms with Crippen LogP contribution in [0.1, 0.15) is 30.9 Å². The van der Waals surface area contributed by atoms with Crippen LogP contribution in [0.15, 0.2) is 24.3 Å². The first kappa shape index (κ1) is 14.8. The third-order valence-corrected chi connectivity index (χ3v) is 5.40. The fourth-order valence-electron chi connectivity index (χ4n) is 3.98. The Hall–Kier alpha value is -1.10. The van der Waals surface area contributed by atoms with Gasteiger partial charge in [-0.15, -0.1) is 0 Å². The molecule has 2 aliphatic rings. The molecule has 0 aromatic heterocycles. The van der Waals surface area contributed by atoms with Gasteiger partial charge in [0.25, 0.3) is 5.91 Å². The van der Waals surface area contributed by atoms with E-state index in [4.69, 9.17) is 11.6 Å². The molecule has 1 aromatic carbocycles. The first-order chi connectivity index (χ1) is 10.1. The Morgan fingerprint density at radius 3 is 2.76 bits per heavy atom. The maximum Gasteiger partial charge on any atom is 0.253 e. The smallest absolute Gasteiger partial charge is 0.253 e. The summed E-state index contributed by atoms with van der Waals surface area (Å²) >= 11 is 6.02. The van der Waals surface area contributed by atoms with Crippen molar-refractivity contribution in [1.29, 1.82) is 0 Å². The topological polar surface area (TPSA) is 69.6 Å². The average Bonchev–Trinajstić information content (AvgIpc) is 3.08. The fourth-order valence-corrected chi connectivity index (χ4v) is 4.22. The number of aliphatic hydroxyl groups excluding tert-OH is 2. The molecule has 3 N–H and O–H groups in total. The van der Waals surface area contributed by atoms with Crippen molar-refractivity contribution in [1.82, 2.24) is 5.32 Å². The van der Waals surface area contributed by atoms with E-state index in [9.17, 15) is 15.0 Å². The van der Waals surface area contributed by atoms with Gasteiger partial charge in [0.05, 0.1) is 0 Å². The molecule has 1 aromatic rings. The van der Waals surface area contributed by atoms with Gasteiger partial charge in [-0.05, 0) is 37.2 Å². The predicted octanol–water partition coefficient (Wildman–Crippen LogP) is 1.90.